The molecule has 0 spiro atoms. The lowest BCUT2D eigenvalue weighted by atomic mass is 10.0. The maximum absolute atomic E-state index is 13.5. The lowest BCUT2D eigenvalue weighted by Gasteiger charge is -2.29. The number of halogens is 1. The molecule has 3 aromatic rings. The largest absolute Gasteiger partial charge is 0.489 e. The van der Waals surface area contributed by atoms with Gasteiger partial charge in [-0.3, -0.25) is 19.7 Å². The number of hydrogen-bond acceptors (Lipinski definition) is 7. The molecule has 1 unspecified atom stereocenters. The summed E-state index contributed by atoms with van der Waals surface area (Å²) in [6.45, 7) is 0.625. The summed E-state index contributed by atoms with van der Waals surface area (Å²) >= 11 is 0. The number of aryl methyl sites for hydroxylation is 1. The lowest BCUT2D eigenvalue weighted by Crippen LogP contribution is -2.52. The minimum Gasteiger partial charge on any atom is -0.489 e. The first kappa shape index (κ1) is 21.7. The van der Waals surface area contributed by atoms with Crippen molar-refractivity contribution in [1.29, 1.82) is 0 Å². The van der Waals surface area contributed by atoms with Gasteiger partial charge in [0, 0.05) is 24.7 Å². The number of carbonyl (C=O) groups excluding carboxylic acids is 3. The van der Waals surface area contributed by atoms with Gasteiger partial charge < -0.3 is 9.64 Å². The van der Waals surface area contributed by atoms with E-state index in [4.69, 9.17) is 4.74 Å². The molecule has 0 bridgehead atoms. The summed E-state index contributed by atoms with van der Waals surface area (Å²) < 4.78 is 20.5. The normalized spacial score (nSPS) is 17.6. The molecule has 11 heteroatoms. The summed E-state index contributed by atoms with van der Waals surface area (Å²) in [5.41, 5.74) is 2.72. The fourth-order valence-corrected chi connectivity index (χ4v) is 4.14. The molecule has 5 rings (SSSR count). The van der Waals surface area contributed by atoms with E-state index in [0.29, 0.717) is 43.7 Å². The molecule has 0 saturated carbocycles. The topological polar surface area (TPSA) is 119 Å². The van der Waals surface area contributed by atoms with Crippen molar-refractivity contribution < 1.29 is 23.5 Å². The molecule has 10 nitrogen and oxygen atoms in total. The van der Waals surface area contributed by atoms with Crippen LogP contribution in [0.5, 0.6) is 5.75 Å². The molecular weight excluding hydrogens is 443 g/mol. The van der Waals surface area contributed by atoms with Crippen molar-refractivity contribution in [2.45, 2.75) is 38.3 Å². The Balaban J connectivity index is 1.22. The van der Waals surface area contributed by atoms with E-state index in [-0.39, 0.29) is 24.0 Å². The summed E-state index contributed by atoms with van der Waals surface area (Å²) in [5.74, 6) is -1.53. The van der Waals surface area contributed by atoms with Crippen LogP contribution in [0.2, 0.25) is 0 Å². The highest BCUT2D eigenvalue weighted by atomic mass is 19.1. The molecule has 1 aromatic carbocycles. The van der Waals surface area contributed by atoms with Crippen LogP contribution in [0.4, 0.5) is 4.39 Å². The highest BCUT2D eigenvalue weighted by Gasteiger charge is 2.39. The van der Waals surface area contributed by atoms with E-state index in [1.165, 1.54) is 17.2 Å². The Labute approximate surface area is 193 Å². The quantitative estimate of drug-likeness (QED) is 0.320. The zero-order valence-electron chi connectivity index (χ0n) is 18.1. The number of rotatable bonds is 7. The van der Waals surface area contributed by atoms with Gasteiger partial charge >= 0.3 is 0 Å². The van der Waals surface area contributed by atoms with E-state index >= 15 is 0 Å². The first-order valence-electron chi connectivity index (χ1n) is 10.9. The van der Waals surface area contributed by atoms with E-state index < -0.39 is 17.9 Å². The van der Waals surface area contributed by atoms with Gasteiger partial charge in [0.1, 0.15) is 6.04 Å². The van der Waals surface area contributed by atoms with Gasteiger partial charge in [-0.05, 0) is 49.1 Å². The predicted octanol–water partition coefficient (Wildman–Crippen LogP) is 1.57. The Hall–Kier alpha value is -4.15. The number of fused-ring (bicyclic) bond motifs is 1. The lowest BCUT2D eigenvalue weighted by molar-refractivity contribution is -0.136. The highest BCUT2D eigenvalue weighted by molar-refractivity contribution is 6.05. The molecule has 1 atom stereocenters. The van der Waals surface area contributed by atoms with Crippen LogP contribution < -0.4 is 10.1 Å². The molecule has 1 N–H and O–H groups in total. The fourth-order valence-electron chi connectivity index (χ4n) is 4.14. The second-order valence-electron chi connectivity index (χ2n) is 8.14. The van der Waals surface area contributed by atoms with Crippen LogP contribution in [0.15, 0.2) is 42.7 Å². The molecule has 3 amide bonds. The number of imide groups is 1. The van der Waals surface area contributed by atoms with Crippen molar-refractivity contribution in [3.05, 3.63) is 65.5 Å². The van der Waals surface area contributed by atoms with Crippen molar-refractivity contribution in [3.8, 4) is 11.4 Å². The van der Waals surface area contributed by atoms with Gasteiger partial charge in [-0.15, -0.1) is 5.10 Å². The number of benzene rings is 1. The molecule has 1 fully saturated rings. The minimum atomic E-state index is -0.651. The Morgan fingerprint density at radius 3 is 2.91 bits per heavy atom. The maximum atomic E-state index is 13.5. The second kappa shape index (κ2) is 9.00. The predicted molar refractivity (Wildman–Crippen MR) is 115 cm³/mol. The molecule has 2 aliphatic heterocycles. The average Bonchev–Trinajstić information content (AvgIpc) is 3.42. The number of piperidine rings is 1. The van der Waals surface area contributed by atoms with Crippen molar-refractivity contribution in [2.75, 3.05) is 6.61 Å². The molecule has 0 aliphatic carbocycles. The van der Waals surface area contributed by atoms with Gasteiger partial charge in [-0.25, -0.2) is 9.67 Å². The number of aromatic nitrogens is 4. The highest BCUT2D eigenvalue weighted by Crippen LogP contribution is 2.29. The zero-order valence-corrected chi connectivity index (χ0v) is 18.1. The maximum Gasteiger partial charge on any atom is 0.255 e. The number of hydrogen-bond donors (Lipinski definition) is 1. The summed E-state index contributed by atoms with van der Waals surface area (Å²) in [6.07, 6.45) is 4.85. The van der Waals surface area contributed by atoms with Gasteiger partial charge in [0.05, 0.1) is 24.2 Å². The molecule has 4 heterocycles. The van der Waals surface area contributed by atoms with Crippen LogP contribution in [-0.2, 0) is 22.6 Å². The second-order valence-corrected chi connectivity index (χ2v) is 8.14. The summed E-state index contributed by atoms with van der Waals surface area (Å²) in [5, 5.41) is 10.6. The van der Waals surface area contributed by atoms with Crippen molar-refractivity contribution >= 4 is 17.7 Å². The van der Waals surface area contributed by atoms with E-state index in [9.17, 15) is 18.8 Å². The van der Waals surface area contributed by atoms with Crippen LogP contribution in [0, 0.1) is 5.95 Å². The van der Waals surface area contributed by atoms with Crippen LogP contribution in [0.25, 0.3) is 5.69 Å². The Morgan fingerprint density at radius 1 is 1.21 bits per heavy atom. The Kier molecular flexibility index (Phi) is 5.74. The van der Waals surface area contributed by atoms with Crippen molar-refractivity contribution in [3.63, 3.8) is 0 Å². The molecule has 174 valence electrons. The summed E-state index contributed by atoms with van der Waals surface area (Å²) in [6, 6.07) is 7.89. The fraction of sp³-hybridized carbons (Fsp3) is 0.304. The van der Waals surface area contributed by atoms with Gasteiger partial charge in [0.2, 0.25) is 11.8 Å². The molecular formula is C23H21FN6O4. The standard InChI is InChI=1S/C23H21FN6O4/c24-21-19(4-1-9-25-21)34-10-2-3-15-13-30(28-27-15)16-6-5-14-12-29(23(33)17(14)11-16)18-7-8-20(31)26-22(18)32/h1,4-6,9,11,13,18H,2-3,7-8,10,12H2,(H,26,31,32). The number of pyridine rings is 1. The number of nitrogens with one attached hydrogen (secondary N) is 1. The third-order valence-corrected chi connectivity index (χ3v) is 5.88. The number of ether oxygens (including phenoxy) is 1. The summed E-state index contributed by atoms with van der Waals surface area (Å²) in [7, 11) is 0. The van der Waals surface area contributed by atoms with Gasteiger partial charge in [0.15, 0.2) is 5.75 Å². The molecule has 2 aliphatic rings. The van der Waals surface area contributed by atoms with Crippen LogP contribution >= 0.6 is 0 Å². The zero-order chi connectivity index (χ0) is 23.7. The average molecular weight is 464 g/mol. The van der Waals surface area contributed by atoms with Crippen LogP contribution in [-0.4, -0.2) is 55.2 Å². The number of nitrogens with zero attached hydrogens (tertiary/aromatic N) is 5. The van der Waals surface area contributed by atoms with Gasteiger partial charge in [-0.1, -0.05) is 11.3 Å². The molecule has 0 radical (unpaired) electrons. The molecule has 34 heavy (non-hydrogen) atoms. The van der Waals surface area contributed by atoms with Crippen LogP contribution in [0.3, 0.4) is 0 Å². The third-order valence-electron chi connectivity index (χ3n) is 5.88. The number of carbonyl (C=O) groups is 3. The monoisotopic (exact) mass is 464 g/mol. The smallest absolute Gasteiger partial charge is 0.255 e. The van der Waals surface area contributed by atoms with Crippen LogP contribution in [0.1, 0.15) is 40.9 Å². The van der Waals surface area contributed by atoms with Gasteiger partial charge in [0.25, 0.3) is 11.9 Å². The minimum absolute atomic E-state index is 0.111. The third kappa shape index (κ3) is 4.24. The van der Waals surface area contributed by atoms with E-state index in [0.717, 1.165) is 11.3 Å². The summed E-state index contributed by atoms with van der Waals surface area (Å²) in [4.78, 5) is 41.7. The van der Waals surface area contributed by atoms with E-state index in [1.54, 1.807) is 23.0 Å². The first-order valence-corrected chi connectivity index (χ1v) is 10.9. The number of amides is 3. The Bertz CT molecular complexity index is 1280. The van der Waals surface area contributed by atoms with Crippen molar-refractivity contribution in [2.24, 2.45) is 0 Å². The molecule has 2 aromatic heterocycles. The van der Waals surface area contributed by atoms with Gasteiger partial charge in [-0.2, -0.15) is 4.39 Å². The Morgan fingerprint density at radius 2 is 2.09 bits per heavy atom. The SMILES string of the molecule is O=C1CCC(N2Cc3ccc(-n4cc(CCCOc5cccnc5F)nn4)cc3C2=O)C(=O)N1. The molecule has 1 saturated heterocycles. The van der Waals surface area contributed by atoms with E-state index in [1.807, 2.05) is 12.1 Å². The van der Waals surface area contributed by atoms with E-state index in [2.05, 4.69) is 20.6 Å². The van der Waals surface area contributed by atoms with Crippen molar-refractivity contribution in [1.82, 2.24) is 30.2 Å². The first-order chi connectivity index (χ1) is 16.5.